The van der Waals surface area contributed by atoms with Crippen LogP contribution in [0, 0.1) is 0 Å². The van der Waals surface area contributed by atoms with E-state index >= 15 is 0 Å². The van der Waals surface area contributed by atoms with Crippen LogP contribution in [0.1, 0.15) is 13.3 Å². The molecule has 0 saturated carbocycles. The first kappa shape index (κ1) is 13.7. The number of nitrogens with one attached hydrogen (secondary N) is 2. The van der Waals surface area contributed by atoms with Crippen LogP contribution in [-0.2, 0) is 9.84 Å². The van der Waals surface area contributed by atoms with Crippen LogP contribution >= 0.6 is 0 Å². The second-order valence-electron chi connectivity index (χ2n) is 3.71. The van der Waals surface area contributed by atoms with E-state index in [2.05, 4.69) is 20.6 Å². The van der Waals surface area contributed by atoms with Gasteiger partial charge in [0.1, 0.15) is 15.7 Å². The monoisotopic (exact) mass is 258 g/mol. The van der Waals surface area contributed by atoms with Crippen molar-refractivity contribution in [2.24, 2.45) is 0 Å². The molecular formula is C10H18N4O2S. The summed E-state index contributed by atoms with van der Waals surface area (Å²) in [4.78, 5) is 8.25. The van der Waals surface area contributed by atoms with Crippen molar-refractivity contribution in [3.63, 3.8) is 0 Å². The summed E-state index contributed by atoms with van der Waals surface area (Å²) in [6.45, 7) is 3.31. The Hall–Kier alpha value is -1.37. The van der Waals surface area contributed by atoms with E-state index in [0.29, 0.717) is 24.7 Å². The molecule has 0 atom stereocenters. The Morgan fingerprint density at radius 3 is 2.76 bits per heavy atom. The Balaban J connectivity index is 2.38. The summed E-state index contributed by atoms with van der Waals surface area (Å²) < 4.78 is 21.8. The Labute approximate surface area is 102 Å². The maximum atomic E-state index is 10.9. The van der Waals surface area contributed by atoms with Gasteiger partial charge in [0.05, 0.1) is 5.75 Å². The quantitative estimate of drug-likeness (QED) is 0.702. The molecule has 6 nitrogen and oxygen atoms in total. The molecule has 96 valence electrons. The van der Waals surface area contributed by atoms with Gasteiger partial charge in [0, 0.05) is 25.5 Å². The van der Waals surface area contributed by atoms with E-state index in [1.54, 1.807) is 12.3 Å². The molecule has 0 radical (unpaired) electrons. The Kier molecular flexibility index (Phi) is 5.14. The fourth-order valence-electron chi connectivity index (χ4n) is 1.25. The average molecular weight is 258 g/mol. The lowest BCUT2D eigenvalue weighted by atomic mass is 10.4. The first-order valence-corrected chi connectivity index (χ1v) is 7.56. The molecule has 1 heterocycles. The second-order valence-corrected chi connectivity index (χ2v) is 5.97. The lowest BCUT2D eigenvalue weighted by molar-refractivity contribution is 0.600. The molecule has 0 amide bonds. The average Bonchev–Trinajstić information content (AvgIpc) is 2.24. The molecule has 0 aliphatic heterocycles. The SMILES string of the molecule is CCNc1nccc(NCCCS(C)(=O)=O)n1. The molecule has 0 spiro atoms. The molecule has 1 aromatic rings. The fraction of sp³-hybridized carbons (Fsp3) is 0.600. The summed E-state index contributed by atoms with van der Waals surface area (Å²) in [5, 5.41) is 6.06. The van der Waals surface area contributed by atoms with Gasteiger partial charge in [-0.3, -0.25) is 0 Å². The zero-order valence-electron chi connectivity index (χ0n) is 10.1. The summed E-state index contributed by atoms with van der Waals surface area (Å²) in [6.07, 6.45) is 3.46. The van der Waals surface area contributed by atoms with Crippen LogP contribution in [0.5, 0.6) is 0 Å². The van der Waals surface area contributed by atoms with E-state index in [0.717, 1.165) is 6.54 Å². The van der Waals surface area contributed by atoms with Crippen LogP contribution in [0.2, 0.25) is 0 Å². The minimum atomic E-state index is -2.88. The number of hydrogen-bond acceptors (Lipinski definition) is 6. The molecule has 1 rings (SSSR count). The highest BCUT2D eigenvalue weighted by atomic mass is 32.2. The summed E-state index contributed by atoms with van der Waals surface area (Å²) in [7, 11) is -2.88. The van der Waals surface area contributed by atoms with Crippen molar-refractivity contribution >= 4 is 21.6 Å². The van der Waals surface area contributed by atoms with Crippen LogP contribution in [0.15, 0.2) is 12.3 Å². The first-order valence-electron chi connectivity index (χ1n) is 5.50. The standard InChI is InChI=1S/C10H18N4O2S/c1-3-11-10-13-7-5-9(14-10)12-6-4-8-17(2,15)16/h5,7H,3-4,6,8H2,1-2H3,(H2,11,12,13,14). The van der Waals surface area contributed by atoms with Crippen LogP contribution in [0.3, 0.4) is 0 Å². The van der Waals surface area contributed by atoms with E-state index in [-0.39, 0.29) is 5.75 Å². The molecule has 0 aliphatic rings. The molecule has 0 fully saturated rings. The van der Waals surface area contributed by atoms with Gasteiger partial charge in [-0.05, 0) is 19.4 Å². The van der Waals surface area contributed by atoms with Crippen molar-refractivity contribution in [3.05, 3.63) is 12.3 Å². The van der Waals surface area contributed by atoms with E-state index < -0.39 is 9.84 Å². The Morgan fingerprint density at radius 2 is 2.12 bits per heavy atom. The van der Waals surface area contributed by atoms with E-state index in [1.807, 2.05) is 6.92 Å². The number of rotatable bonds is 7. The van der Waals surface area contributed by atoms with Gasteiger partial charge in [-0.2, -0.15) is 4.98 Å². The van der Waals surface area contributed by atoms with Gasteiger partial charge in [-0.1, -0.05) is 0 Å². The summed E-state index contributed by atoms with van der Waals surface area (Å²) in [5.41, 5.74) is 0. The van der Waals surface area contributed by atoms with Crippen molar-refractivity contribution in [3.8, 4) is 0 Å². The maximum Gasteiger partial charge on any atom is 0.224 e. The third-order valence-corrected chi connectivity index (χ3v) is 3.02. The maximum absolute atomic E-state index is 10.9. The molecule has 7 heteroatoms. The summed E-state index contributed by atoms with van der Waals surface area (Å²) in [6, 6.07) is 1.75. The van der Waals surface area contributed by atoms with Crippen LogP contribution in [0.25, 0.3) is 0 Å². The van der Waals surface area contributed by atoms with Crippen molar-refractivity contribution < 1.29 is 8.42 Å². The van der Waals surface area contributed by atoms with E-state index in [9.17, 15) is 8.42 Å². The fourth-order valence-corrected chi connectivity index (χ4v) is 1.92. The molecule has 0 saturated heterocycles. The lowest BCUT2D eigenvalue weighted by Gasteiger charge is -2.06. The zero-order valence-corrected chi connectivity index (χ0v) is 10.9. The molecule has 0 aliphatic carbocycles. The van der Waals surface area contributed by atoms with Gasteiger partial charge >= 0.3 is 0 Å². The molecule has 17 heavy (non-hydrogen) atoms. The lowest BCUT2D eigenvalue weighted by Crippen LogP contribution is -2.11. The molecule has 0 unspecified atom stereocenters. The van der Waals surface area contributed by atoms with Gasteiger partial charge in [0.15, 0.2) is 0 Å². The number of hydrogen-bond donors (Lipinski definition) is 2. The van der Waals surface area contributed by atoms with Crippen molar-refractivity contribution in [1.29, 1.82) is 0 Å². The number of aromatic nitrogens is 2. The van der Waals surface area contributed by atoms with Crippen LogP contribution in [-0.4, -0.2) is 43.5 Å². The predicted octanol–water partition coefficient (Wildman–Crippen LogP) is 0.755. The third-order valence-electron chi connectivity index (χ3n) is 1.99. The minimum absolute atomic E-state index is 0.186. The normalized spacial score (nSPS) is 11.2. The highest BCUT2D eigenvalue weighted by molar-refractivity contribution is 7.90. The predicted molar refractivity (Wildman–Crippen MR) is 69.0 cm³/mol. The third kappa shape index (κ3) is 6.06. The second kappa shape index (κ2) is 6.39. The topological polar surface area (TPSA) is 84.0 Å². The Morgan fingerprint density at radius 1 is 1.35 bits per heavy atom. The van der Waals surface area contributed by atoms with Crippen LogP contribution in [0.4, 0.5) is 11.8 Å². The van der Waals surface area contributed by atoms with E-state index in [4.69, 9.17) is 0 Å². The van der Waals surface area contributed by atoms with Gasteiger partial charge in [-0.15, -0.1) is 0 Å². The Bertz CT molecular complexity index is 447. The van der Waals surface area contributed by atoms with Crippen LogP contribution < -0.4 is 10.6 Å². The van der Waals surface area contributed by atoms with Gasteiger partial charge in [0.25, 0.3) is 0 Å². The first-order chi connectivity index (χ1) is 8.01. The van der Waals surface area contributed by atoms with E-state index in [1.165, 1.54) is 6.26 Å². The summed E-state index contributed by atoms with van der Waals surface area (Å²) in [5.74, 6) is 1.45. The summed E-state index contributed by atoms with van der Waals surface area (Å²) >= 11 is 0. The molecule has 0 aromatic carbocycles. The van der Waals surface area contributed by atoms with Crippen molar-refractivity contribution in [1.82, 2.24) is 9.97 Å². The van der Waals surface area contributed by atoms with Gasteiger partial charge < -0.3 is 10.6 Å². The highest BCUT2D eigenvalue weighted by Gasteiger charge is 2.02. The molecule has 0 bridgehead atoms. The number of sulfone groups is 1. The molecule has 1 aromatic heterocycles. The molecule has 2 N–H and O–H groups in total. The minimum Gasteiger partial charge on any atom is -0.370 e. The van der Waals surface area contributed by atoms with Crippen molar-refractivity contribution in [2.45, 2.75) is 13.3 Å². The van der Waals surface area contributed by atoms with Crippen molar-refractivity contribution in [2.75, 3.05) is 35.7 Å². The molecular weight excluding hydrogens is 240 g/mol. The zero-order chi connectivity index (χ0) is 12.7. The smallest absolute Gasteiger partial charge is 0.224 e. The number of nitrogens with zero attached hydrogens (tertiary/aromatic N) is 2. The van der Waals surface area contributed by atoms with Gasteiger partial charge in [-0.25, -0.2) is 13.4 Å². The van der Waals surface area contributed by atoms with Gasteiger partial charge in [0.2, 0.25) is 5.95 Å². The highest BCUT2D eigenvalue weighted by Crippen LogP contribution is 2.05. The largest absolute Gasteiger partial charge is 0.370 e. The number of anilines is 2.